The van der Waals surface area contributed by atoms with Crippen LogP contribution in [0.5, 0.6) is 0 Å². The summed E-state index contributed by atoms with van der Waals surface area (Å²) in [4.78, 5) is 28.4. The molecule has 1 aromatic heterocycles. The zero-order chi connectivity index (χ0) is 16.2. The first-order valence-corrected chi connectivity index (χ1v) is 8.31. The SMILES string of the molecule is O=C(NC1CCCCNC1=O)c1csc(-c2ccc(F)cc2)n1. The summed E-state index contributed by atoms with van der Waals surface area (Å²) in [7, 11) is 0. The lowest BCUT2D eigenvalue weighted by Crippen LogP contribution is -2.45. The largest absolute Gasteiger partial charge is 0.354 e. The molecule has 1 atom stereocenters. The first-order chi connectivity index (χ1) is 11.1. The van der Waals surface area contributed by atoms with E-state index in [1.54, 1.807) is 17.5 Å². The van der Waals surface area contributed by atoms with Crippen molar-refractivity contribution in [3.8, 4) is 10.6 Å². The molecule has 5 nitrogen and oxygen atoms in total. The van der Waals surface area contributed by atoms with Crippen LogP contribution in [-0.2, 0) is 4.79 Å². The first kappa shape index (κ1) is 15.6. The number of carbonyl (C=O) groups is 2. The standard InChI is InChI=1S/C16H16FN3O2S/c17-11-6-4-10(5-7-11)16-20-13(9-23-16)15(22)19-12-3-1-2-8-18-14(12)21/h4-7,9,12H,1-3,8H2,(H,18,21)(H,19,22). The van der Waals surface area contributed by atoms with Crippen LogP contribution < -0.4 is 10.6 Å². The van der Waals surface area contributed by atoms with E-state index in [1.807, 2.05) is 0 Å². The van der Waals surface area contributed by atoms with E-state index in [1.165, 1.54) is 23.5 Å². The van der Waals surface area contributed by atoms with Crippen LogP contribution in [0.1, 0.15) is 29.8 Å². The number of halogens is 1. The van der Waals surface area contributed by atoms with E-state index in [-0.39, 0.29) is 23.3 Å². The number of nitrogens with one attached hydrogen (secondary N) is 2. The fraction of sp³-hybridized carbons (Fsp3) is 0.312. The molecular weight excluding hydrogens is 317 g/mol. The molecule has 1 aromatic carbocycles. The van der Waals surface area contributed by atoms with E-state index in [4.69, 9.17) is 0 Å². The second kappa shape index (κ2) is 6.87. The van der Waals surface area contributed by atoms with Crippen molar-refractivity contribution in [1.29, 1.82) is 0 Å². The van der Waals surface area contributed by atoms with Crippen LogP contribution in [0.3, 0.4) is 0 Å². The van der Waals surface area contributed by atoms with Gasteiger partial charge in [0.1, 0.15) is 22.6 Å². The number of amides is 2. The van der Waals surface area contributed by atoms with E-state index in [9.17, 15) is 14.0 Å². The Morgan fingerprint density at radius 3 is 2.87 bits per heavy atom. The summed E-state index contributed by atoms with van der Waals surface area (Å²) in [6, 6.07) is 5.43. The third-order valence-corrected chi connectivity index (χ3v) is 4.56. The van der Waals surface area contributed by atoms with Gasteiger partial charge in [0.15, 0.2) is 0 Å². The molecule has 0 bridgehead atoms. The molecule has 2 N–H and O–H groups in total. The maximum Gasteiger partial charge on any atom is 0.271 e. The van der Waals surface area contributed by atoms with Crippen LogP contribution in [-0.4, -0.2) is 29.4 Å². The molecular formula is C16H16FN3O2S. The zero-order valence-corrected chi connectivity index (χ0v) is 13.2. The summed E-state index contributed by atoms with van der Waals surface area (Å²) in [5, 5.41) is 7.79. The molecule has 0 spiro atoms. The third kappa shape index (κ3) is 3.73. The minimum atomic E-state index is -0.513. The molecule has 0 radical (unpaired) electrons. The molecule has 2 amide bonds. The van der Waals surface area contributed by atoms with Crippen molar-refractivity contribution in [1.82, 2.24) is 15.6 Å². The molecule has 1 saturated heterocycles. The molecule has 2 heterocycles. The lowest BCUT2D eigenvalue weighted by Gasteiger charge is -2.14. The summed E-state index contributed by atoms with van der Waals surface area (Å²) in [5.41, 5.74) is 1.02. The molecule has 1 aliphatic heterocycles. The van der Waals surface area contributed by atoms with Gasteiger partial charge in [-0.15, -0.1) is 11.3 Å². The predicted molar refractivity (Wildman–Crippen MR) is 85.6 cm³/mol. The normalized spacial score (nSPS) is 18.1. The molecule has 7 heteroatoms. The Hall–Kier alpha value is -2.28. The molecule has 23 heavy (non-hydrogen) atoms. The van der Waals surface area contributed by atoms with E-state index in [2.05, 4.69) is 15.6 Å². The van der Waals surface area contributed by atoms with E-state index >= 15 is 0 Å². The fourth-order valence-electron chi connectivity index (χ4n) is 2.41. The molecule has 1 fully saturated rings. The van der Waals surface area contributed by atoms with Crippen LogP contribution in [0.4, 0.5) is 4.39 Å². The zero-order valence-electron chi connectivity index (χ0n) is 12.3. The monoisotopic (exact) mass is 333 g/mol. The van der Waals surface area contributed by atoms with Gasteiger partial charge in [-0.2, -0.15) is 0 Å². The minimum Gasteiger partial charge on any atom is -0.354 e. The van der Waals surface area contributed by atoms with Crippen molar-refractivity contribution in [3.05, 3.63) is 41.2 Å². The molecule has 2 aromatic rings. The Balaban J connectivity index is 1.70. The minimum absolute atomic E-state index is 0.148. The Morgan fingerprint density at radius 2 is 2.09 bits per heavy atom. The Kier molecular flexibility index (Phi) is 4.66. The van der Waals surface area contributed by atoms with Gasteiger partial charge in [0.25, 0.3) is 5.91 Å². The average molecular weight is 333 g/mol. The van der Waals surface area contributed by atoms with Crippen molar-refractivity contribution in [2.24, 2.45) is 0 Å². The molecule has 0 aliphatic carbocycles. The van der Waals surface area contributed by atoms with Crippen LogP contribution in [0.25, 0.3) is 10.6 Å². The lowest BCUT2D eigenvalue weighted by molar-refractivity contribution is -0.122. The highest BCUT2D eigenvalue weighted by Crippen LogP contribution is 2.24. The van der Waals surface area contributed by atoms with Gasteiger partial charge < -0.3 is 10.6 Å². The number of aromatic nitrogens is 1. The Bertz CT molecular complexity index is 714. The van der Waals surface area contributed by atoms with Crippen LogP contribution in [0, 0.1) is 5.82 Å². The van der Waals surface area contributed by atoms with Crippen LogP contribution in [0.15, 0.2) is 29.6 Å². The number of rotatable bonds is 3. The third-order valence-electron chi connectivity index (χ3n) is 3.67. The molecule has 3 rings (SSSR count). The second-order valence-corrected chi connectivity index (χ2v) is 6.22. The maximum absolute atomic E-state index is 12.9. The van der Waals surface area contributed by atoms with Crippen molar-refractivity contribution >= 4 is 23.2 Å². The molecule has 120 valence electrons. The van der Waals surface area contributed by atoms with Crippen molar-refractivity contribution in [3.63, 3.8) is 0 Å². The van der Waals surface area contributed by atoms with Gasteiger partial charge in [0.05, 0.1) is 0 Å². The number of hydrogen-bond donors (Lipinski definition) is 2. The van der Waals surface area contributed by atoms with E-state index < -0.39 is 6.04 Å². The van der Waals surface area contributed by atoms with Gasteiger partial charge in [0.2, 0.25) is 5.91 Å². The number of thiazole rings is 1. The second-order valence-electron chi connectivity index (χ2n) is 5.36. The summed E-state index contributed by atoms with van der Waals surface area (Å²) in [5.74, 6) is -0.829. The number of hydrogen-bond acceptors (Lipinski definition) is 4. The average Bonchev–Trinajstić information content (AvgIpc) is 2.95. The predicted octanol–water partition coefficient (Wildman–Crippen LogP) is 2.35. The summed E-state index contributed by atoms with van der Waals surface area (Å²) in [6.07, 6.45) is 2.44. The van der Waals surface area contributed by atoms with Crippen LogP contribution >= 0.6 is 11.3 Å². The van der Waals surface area contributed by atoms with E-state index in [0.717, 1.165) is 18.4 Å². The highest BCUT2D eigenvalue weighted by Gasteiger charge is 2.23. The first-order valence-electron chi connectivity index (χ1n) is 7.43. The fourth-order valence-corrected chi connectivity index (χ4v) is 3.22. The topological polar surface area (TPSA) is 71.1 Å². The van der Waals surface area contributed by atoms with Gasteiger partial charge in [-0.25, -0.2) is 9.37 Å². The maximum atomic E-state index is 12.9. The highest BCUT2D eigenvalue weighted by atomic mass is 32.1. The molecule has 1 unspecified atom stereocenters. The van der Waals surface area contributed by atoms with Crippen molar-refractivity contribution in [2.75, 3.05) is 6.54 Å². The lowest BCUT2D eigenvalue weighted by atomic mass is 10.1. The van der Waals surface area contributed by atoms with Gasteiger partial charge in [-0.1, -0.05) is 0 Å². The van der Waals surface area contributed by atoms with Crippen molar-refractivity contribution in [2.45, 2.75) is 25.3 Å². The Morgan fingerprint density at radius 1 is 1.30 bits per heavy atom. The number of nitrogens with zero attached hydrogens (tertiary/aromatic N) is 1. The summed E-state index contributed by atoms with van der Waals surface area (Å²) >= 11 is 1.31. The number of benzene rings is 1. The number of carbonyl (C=O) groups excluding carboxylic acids is 2. The summed E-state index contributed by atoms with van der Waals surface area (Å²) in [6.45, 7) is 0.649. The Labute approximate surface area is 136 Å². The van der Waals surface area contributed by atoms with Gasteiger partial charge >= 0.3 is 0 Å². The van der Waals surface area contributed by atoms with E-state index in [0.29, 0.717) is 18.0 Å². The van der Waals surface area contributed by atoms with Crippen molar-refractivity contribution < 1.29 is 14.0 Å². The summed E-state index contributed by atoms with van der Waals surface area (Å²) < 4.78 is 12.9. The quantitative estimate of drug-likeness (QED) is 0.906. The van der Waals surface area contributed by atoms with Gasteiger partial charge in [0, 0.05) is 17.5 Å². The van der Waals surface area contributed by atoms with Gasteiger partial charge in [-0.3, -0.25) is 9.59 Å². The molecule has 1 aliphatic rings. The smallest absolute Gasteiger partial charge is 0.271 e. The highest BCUT2D eigenvalue weighted by molar-refractivity contribution is 7.13. The van der Waals surface area contributed by atoms with Gasteiger partial charge in [-0.05, 0) is 43.5 Å². The molecule has 0 saturated carbocycles. The van der Waals surface area contributed by atoms with Crippen LogP contribution in [0.2, 0.25) is 0 Å².